The number of amides is 1. The molecule has 1 N–H and O–H groups in total. The van der Waals surface area contributed by atoms with Crippen LogP contribution in [0, 0.1) is 0 Å². The first kappa shape index (κ1) is 13.1. The minimum Gasteiger partial charge on any atom is -0.337 e. The summed E-state index contributed by atoms with van der Waals surface area (Å²) in [5.74, 6) is 0.0810. The van der Waals surface area contributed by atoms with Gasteiger partial charge in [0, 0.05) is 31.7 Å². The number of benzene rings is 1. The van der Waals surface area contributed by atoms with E-state index in [9.17, 15) is 4.79 Å². The molecule has 1 atom stereocenters. The lowest BCUT2D eigenvalue weighted by molar-refractivity contribution is 0.0698. The van der Waals surface area contributed by atoms with E-state index in [4.69, 9.17) is 0 Å². The highest BCUT2D eigenvalue weighted by molar-refractivity contribution is 5.97. The van der Waals surface area contributed by atoms with Crippen LogP contribution >= 0.6 is 0 Å². The first-order valence-electron chi connectivity index (χ1n) is 6.95. The highest BCUT2D eigenvalue weighted by atomic mass is 16.2. The fourth-order valence-electron chi connectivity index (χ4n) is 2.75. The molecule has 1 fully saturated rings. The van der Waals surface area contributed by atoms with Crippen LogP contribution in [-0.2, 0) is 7.05 Å². The first-order valence-corrected chi connectivity index (χ1v) is 6.95. The summed E-state index contributed by atoms with van der Waals surface area (Å²) < 4.78 is 1.71. The maximum atomic E-state index is 12.6. The van der Waals surface area contributed by atoms with E-state index in [1.54, 1.807) is 4.68 Å². The van der Waals surface area contributed by atoms with Gasteiger partial charge in [0.1, 0.15) is 5.52 Å². The van der Waals surface area contributed by atoms with Gasteiger partial charge < -0.3 is 10.2 Å². The Kier molecular flexibility index (Phi) is 3.40. The van der Waals surface area contributed by atoms with Crippen molar-refractivity contribution in [2.75, 3.05) is 20.1 Å². The second-order valence-corrected chi connectivity index (χ2v) is 5.30. The fourth-order valence-corrected chi connectivity index (χ4v) is 2.75. The van der Waals surface area contributed by atoms with Gasteiger partial charge in [0.15, 0.2) is 0 Å². The Hall–Kier alpha value is -1.95. The van der Waals surface area contributed by atoms with Crippen LogP contribution in [0.5, 0.6) is 0 Å². The smallest absolute Gasteiger partial charge is 0.253 e. The molecule has 0 saturated carbocycles. The zero-order valence-electron chi connectivity index (χ0n) is 11.8. The Labute approximate surface area is 117 Å². The summed E-state index contributed by atoms with van der Waals surface area (Å²) >= 11 is 0. The van der Waals surface area contributed by atoms with Crippen molar-refractivity contribution in [2.45, 2.75) is 18.9 Å². The predicted octanol–water partition coefficient (Wildman–Crippen LogP) is 0.792. The lowest BCUT2D eigenvalue weighted by Crippen LogP contribution is -2.46. The summed E-state index contributed by atoms with van der Waals surface area (Å²) in [5.41, 5.74) is 2.39. The number of likely N-dealkylation sites (N-methyl/N-ethyl adjacent to an activating group) is 1. The van der Waals surface area contributed by atoms with Gasteiger partial charge >= 0.3 is 0 Å². The Bertz CT molecular complexity index is 636. The molecule has 0 bridgehead atoms. The summed E-state index contributed by atoms with van der Waals surface area (Å²) in [6, 6.07) is 5.99. The molecule has 2 aromatic rings. The minimum absolute atomic E-state index is 0.0810. The van der Waals surface area contributed by atoms with Crippen molar-refractivity contribution < 1.29 is 4.79 Å². The maximum absolute atomic E-state index is 12.6. The zero-order valence-corrected chi connectivity index (χ0v) is 11.8. The van der Waals surface area contributed by atoms with Crippen LogP contribution in [0.2, 0.25) is 0 Å². The monoisotopic (exact) mass is 273 g/mol. The average molecular weight is 273 g/mol. The van der Waals surface area contributed by atoms with E-state index in [0.29, 0.717) is 11.6 Å². The summed E-state index contributed by atoms with van der Waals surface area (Å²) in [6.07, 6.45) is 2.17. The number of piperidine rings is 1. The molecule has 3 rings (SSSR count). The molecule has 2 heterocycles. The standard InChI is InChI=1S/C14H19N5O/c1-15-11-4-3-7-19(9-11)14(20)10-5-6-13-12(8-10)16-17-18(13)2/h5-6,8,11,15H,3-4,7,9H2,1-2H3. The number of carbonyl (C=O) groups is 1. The highest BCUT2D eigenvalue weighted by Crippen LogP contribution is 2.17. The van der Waals surface area contributed by atoms with Gasteiger partial charge in [-0.15, -0.1) is 5.10 Å². The van der Waals surface area contributed by atoms with Crippen molar-refractivity contribution in [2.24, 2.45) is 7.05 Å². The predicted molar refractivity (Wildman–Crippen MR) is 76.5 cm³/mol. The van der Waals surface area contributed by atoms with E-state index in [2.05, 4.69) is 15.6 Å². The second-order valence-electron chi connectivity index (χ2n) is 5.30. The topological polar surface area (TPSA) is 63.1 Å². The van der Waals surface area contributed by atoms with E-state index in [-0.39, 0.29) is 5.91 Å². The Morgan fingerprint density at radius 3 is 3.10 bits per heavy atom. The van der Waals surface area contributed by atoms with Crippen molar-refractivity contribution >= 4 is 16.9 Å². The van der Waals surface area contributed by atoms with E-state index >= 15 is 0 Å². The molecule has 1 aromatic carbocycles. The van der Waals surface area contributed by atoms with Gasteiger partial charge in [-0.05, 0) is 38.1 Å². The Morgan fingerprint density at radius 1 is 1.45 bits per heavy atom. The third-order valence-electron chi connectivity index (χ3n) is 3.97. The second kappa shape index (κ2) is 5.20. The molecule has 1 aliphatic rings. The fraction of sp³-hybridized carbons (Fsp3) is 0.500. The molecule has 0 spiro atoms. The van der Waals surface area contributed by atoms with Crippen molar-refractivity contribution in [3.63, 3.8) is 0 Å². The van der Waals surface area contributed by atoms with Gasteiger partial charge in [-0.2, -0.15) is 0 Å². The quantitative estimate of drug-likeness (QED) is 0.879. The molecule has 6 nitrogen and oxygen atoms in total. The number of nitrogens with one attached hydrogen (secondary N) is 1. The van der Waals surface area contributed by atoms with Crippen molar-refractivity contribution in [3.8, 4) is 0 Å². The number of hydrogen-bond acceptors (Lipinski definition) is 4. The molecule has 1 saturated heterocycles. The third kappa shape index (κ3) is 2.27. The minimum atomic E-state index is 0.0810. The number of rotatable bonds is 2. The van der Waals surface area contributed by atoms with Crippen molar-refractivity contribution in [1.82, 2.24) is 25.2 Å². The van der Waals surface area contributed by atoms with Crippen LogP contribution < -0.4 is 5.32 Å². The molecular weight excluding hydrogens is 254 g/mol. The van der Waals surface area contributed by atoms with Gasteiger partial charge in [-0.3, -0.25) is 4.79 Å². The number of likely N-dealkylation sites (tertiary alicyclic amines) is 1. The Balaban J connectivity index is 1.84. The third-order valence-corrected chi connectivity index (χ3v) is 3.97. The zero-order chi connectivity index (χ0) is 14.1. The molecule has 1 aliphatic heterocycles. The van der Waals surface area contributed by atoms with Gasteiger partial charge in [-0.1, -0.05) is 5.21 Å². The molecular formula is C14H19N5O. The highest BCUT2D eigenvalue weighted by Gasteiger charge is 2.23. The molecule has 0 aliphatic carbocycles. The largest absolute Gasteiger partial charge is 0.337 e. The van der Waals surface area contributed by atoms with Crippen LogP contribution in [0.15, 0.2) is 18.2 Å². The summed E-state index contributed by atoms with van der Waals surface area (Å²) in [7, 11) is 3.79. The van der Waals surface area contributed by atoms with Crippen molar-refractivity contribution in [1.29, 1.82) is 0 Å². The van der Waals surface area contributed by atoms with Gasteiger partial charge in [-0.25, -0.2) is 4.68 Å². The normalized spacial score (nSPS) is 19.5. The van der Waals surface area contributed by atoms with Gasteiger partial charge in [0.05, 0.1) is 5.52 Å². The number of aromatic nitrogens is 3. The van der Waals surface area contributed by atoms with E-state index in [1.807, 2.05) is 37.2 Å². The van der Waals surface area contributed by atoms with Crippen LogP contribution in [-0.4, -0.2) is 52.0 Å². The SMILES string of the molecule is CNC1CCCN(C(=O)c2ccc3c(c2)nnn3C)C1. The number of fused-ring (bicyclic) bond motifs is 1. The van der Waals surface area contributed by atoms with Crippen molar-refractivity contribution in [3.05, 3.63) is 23.8 Å². The van der Waals surface area contributed by atoms with Gasteiger partial charge in [0.25, 0.3) is 5.91 Å². The van der Waals surface area contributed by atoms with Crippen LogP contribution in [0.25, 0.3) is 11.0 Å². The number of carbonyl (C=O) groups excluding carboxylic acids is 1. The average Bonchev–Trinajstić information content (AvgIpc) is 2.87. The number of nitrogens with zero attached hydrogens (tertiary/aromatic N) is 4. The first-order chi connectivity index (χ1) is 9.69. The molecule has 1 aromatic heterocycles. The lowest BCUT2D eigenvalue weighted by Gasteiger charge is -2.32. The van der Waals surface area contributed by atoms with E-state index < -0.39 is 0 Å². The maximum Gasteiger partial charge on any atom is 0.253 e. The molecule has 1 amide bonds. The van der Waals surface area contributed by atoms with Crippen LogP contribution in [0.3, 0.4) is 0 Å². The van der Waals surface area contributed by atoms with E-state index in [1.165, 1.54) is 0 Å². The van der Waals surface area contributed by atoms with Gasteiger partial charge in [0.2, 0.25) is 0 Å². The molecule has 20 heavy (non-hydrogen) atoms. The molecule has 106 valence electrons. The Morgan fingerprint density at radius 2 is 2.30 bits per heavy atom. The summed E-state index contributed by atoms with van der Waals surface area (Å²) in [6.45, 7) is 1.60. The molecule has 0 radical (unpaired) electrons. The number of hydrogen-bond donors (Lipinski definition) is 1. The molecule has 6 heteroatoms. The summed E-state index contributed by atoms with van der Waals surface area (Å²) in [5, 5.41) is 11.3. The van der Waals surface area contributed by atoms with E-state index in [0.717, 1.165) is 37.0 Å². The number of aryl methyl sites for hydroxylation is 1. The van der Waals surface area contributed by atoms with Crippen LogP contribution in [0.1, 0.15) is 23.2 Å². The molecule has 1 unspecified atom stereocenters. The van der Waals surface area contributed by atoms with Crippen LogP contribution in [0.4, 0.5) is 0 Å². The summed E-state index contributed by atoms with van der Waals surface area (Å²) in [4.78, 5) is 14.5. The lowest BCUT2D eigenvalue weighted by atomic mass is 10.0.